The van der Waals surface area contributed by atoms with Crippen molar-refractivity contribution >= 4 is 0 Å². The molecular weight excluding hydrogens is 230 g/mol. The molecule has 2 aliphatic carbocycles. The molecule has 0 radical (unpaired) electrons. The Labute approximate surface area is 120 Å². The Kier molecular flexibility index (Phi) is 6.70. The molecular formula is C18H35N. The fraction of sp³-hybridized carbons (Fsp3) is 1.00. The Bertz CT molecular complexity index is 224. The van der Waals surface area contributed by atoms with Crippen molar-refractivity contribution in [1.29, 1.82) is 0 Å². The second-order valence-corrected chi connectivity index (χ2v) is 7.14. The predicted octanol–water partition coefficient (Wildman–Crippen LogP) is 5.15. The van der Waals surface area contributed by atoms with Crippen molar-refractivity contribution in [3.05, 3.63) is 0 Å². The van der Waals surface area contributed by atoms with Crippen LogP contribution < -0.4 is 5.32 Å². The number of nitrogens with one attached hydrogen (secondary N) is 1. The number of hydrogen-bond acceptors (Lipinski definition) is 1. The van der Waals surface area contributed by atoms with Gasteiger partial charge in [0.15, 0.2) is 0 Å². The molecule has 0 heterocycles. The first-order valence-corrected chi connectivity index (χ1v) is 9.06. The summed E-state index contributed by atoms with van der Waals surface area (Å²) in [7, 11) is 0. The minimum atomic E-state index is 0.834. The smallest absolute Gasteiger partial charge is 0.00979 e. The fourth-order valence-electron chi connectivity index (χ4n) is 4.38. The summed E-state index contributed by atoms with van der Waals surface area (Å²) >= 11 is 0. The second kappa shape index (κ2) is 8.29. The van der Waals surface area contributed by atoms with Crippen LogP contribution in [0.2, 0.25) is 0 Å². The summed E-state index contributed by atoms with van der Waals surface area (Å²) in [5.74, 6) is 3.06. The lowest BCUT2D eigenvalue weighted by Crippen LogP contribution is -2.39. The highest BCUT2D eigenvalue weighted by Gasteiger charge is 2.29. The average molecular weight is 265 g/mol. The summed E-state index contributed by atoms with van der Waals surface area (Å²) < 4.78 is 0. The zero-order valence-electron chi connectivity index (χ0n) is 13.3. The molecule has 2 rings (SSSR count). The summed E-state index contributed by atoms with van der Waals surface area (Å²) in [5, 5.41) is 3.90. The predicted molar refractivity (Wildman–Crippen MR) is 84.4 cm³/mol. The van der Waals surface area contributed by atoms with Gasteiger partial charge in [0, 0.05) is 6.04 Å². The van der Waals surface area contributed by atoms with Gasteiger partial charge in [-0.05, 0) is 50.0 Å². The van der Waals surface area contributed by atoms with E-state index in [1.807, 2.05) is 0 Å². The molecule has 2 saturated carbocycles. The Balaban J connectivity index is 1.81. The Morgan fingerprint density at radius 3 is 2.16 bits per heavy atom. The summed E-state index contributed by atoms with van der Waals surface area (Å²) in [5.41, 5.74) is 0. The highest BCUT2D eigenvalue weighted by atomic mass is 14.9. The highest BCUT2D eigenvalue weighted by Crippen LogP contribution is 2.36. The van der Waals surface area contributed by atoms with Crippen LogP contribution in [-0.4, -0.2) is 12.6 Å². The van der Waals surface area contributed by atoms with Crippen LogP contribution in [0.4, 0.5) is 0 Å². The average Bonchev–Trinajstić information content (AvgIpc) is 2.96. The molecule has 112 valence electrons. The molecule has 2 fully saturated rings. The molecule has 1 N–H and O–H groups in total. The van der Waals surface area contributed by atoms with Crippen LogP contribution in [0.1, 0.15) is 84.5 Å². The van der Waals surface area contributed by atoms with Crippen molar-refractivity contribution < 1.29 is 0 Å². The standard InChI is InChI=1S/C18H35N/c1-3-13-19-18(14-16-7-5-6-8-16)17-11-9-15(4-2)10-12-17/h15-19H,3-14H2,1-2H3. The third kappa shape index (κ3) is 4.77. The van der Waals surface area contributed by atoms with Crippen molar-refractivity contribution in [2.75, 3.05) is 6.54 Å². The van der Waals surface area contributed by atoms with Gasteiger partial charge in [-0.3, -0.25) is 0 Å². The minimum absolute atomic E-state index is 0.834. The fourth-order valence-corrected chi connectivity index (χ4v) is 4.38. The van der Waals surface area contributed by atoms with Crippen molar-refractivity contribution in [3.63, 3.8) is 0 Å². The molecule has 0 aromatic rings. The molecule has 0 amide bonds. The van der Waals surface area contributed by atoms with Crippen LogP contribution in [0, 0.1) is 17.8 Å². The highest BCUT2D eigenvalue weighted by molar-refractivity contribution is 4.84. The van der Waals surface area contributed by atoms with Crippen molar-refractivity contribution in [1.82, 2.24) is 5.32 Å². The van der Waals surface area contributed by atoms with Gasteiger partial charge in [0.1, 0.15) is 0 Å². The molecule has 0 aromatic heterocycles. The number of hydrogen-bond donors (Lipinski definition) is 1. The van der Waals surface area contributed by atoms with E-state index in [1.165, 1.54) is 77.2 Å². The van der Waals surface area contributed by atoms with E-state index in [0.29, 0.717) is 0 Å². The number of rotatable bonds is 7. The Morgan fingerprint density at radius 2 is 1.58 bits per heavy atom. The van der Waals surface area contributed by atoms with E-state index in [1.54, 1.807) is 0 Å². The third-order valence-corrected chi connectivity index (χ3v) is 5.76. The maximum absolute atomic E-state index is 3.90. The summed E-state index contributed by atoms with van der Waals surface area (Å²) in [6.07, 6.45) is 16.1. The molecule has 0 aromatic carbocycles. The van der Waals surface area contributed by atoms with E-state index in [-0.39, 0.29) is 0 Å². The van der Waals surface area contributed by atoms with Gasteiger partial charge in [0.25, 0.3) is 0 Å². The minimum Gasteiger partial charge on any atom is -0.314 e. The van der Waals surface area contributed by atoms with Crippen LogP contribution in [0.25, 0.3) is 0 Å². The summed E-state index contributed by atoms with van der Waals surface area (Å²) in [4.78, 5) is 0. The lowest BCUT2D eigenvalue weighted by Gasteiger charge is -2.35. The van der Waals surface area contributed by atoms with Crippen LogP contribution >= 0.6 is 0 Å². The van der Waals surface area contributed by atoms with Gasteiger partial charge in [0.05, 0.1) is 0 Å². The van der Waals surface area contributed by atoms with Crippen molar-refractivity contribution in [3.8, 4) is 0 Å². The monoisotopic (exact) mass is 265 g/mol. The Morgan fingerprint density at radius 1 is 0.895 bits per heavy atom. The van der Waals surface area contributed by atoms with E-state index >= 15 is 0 Å². The molecule has 0 saturated heterocycles. The topological polar surface area (TPSA) is 12.0 Å². The van der Waals surface area contributed by atoms with Crippen molar-refractivity contribution in [2.45, 2.75) is 90.5 Å². The first-order valence-electron chi connectivity index (χ1n) is 9.06. The van der Waals surface area contributed by atoms with E-state index < -0.39 is 0 Å². The lowest BCUT2D eigenvalue weighted by molar-refractivity contribution is 0.196. The van der Waals surface area contributed by atoms with E-state index in [2.05, 4.69) is 19.2 Å². The van der Waals surface area contributed by atoms with E-state index in [4.69, 9.17) is 0 Å². The molecule has 0 spiro atoms. The van der Waals surface area contributed by atoms with Crippen LogP contribution in [0.15, 0.2) is 0 Å². The molecule has 1 unspecified atom stereocenters. The van der Waals surface area contributed by atoms with Gasteiger partial charge >= 0.3 is 0 Å². The SMILES string of the molecule is CCCNC(CC1CCCC1)C1CCC(CC)CC1. The van der Waals surface area contributed by atoms with Crippen LogP contribution in [0.5, 0.6) is 0 Å². The molecule has 1 atom stereocenters. The first kappa shape index (κ1) is 15.4. The normalized spacial score (nSPS) is 30.6. The molecule has 0 bridgehead atoms. The van der Waals surface area contributed by atoms with E-state index in [9.17, 15) is 0 Å². The molecule has 1 nitrogen and oxygen atoms in total. The van der Waals surface area contributed by atoms with Gasteiger partial charge in [-0.2, -0.15) is 0 Å². The van der Waals surface area contributed by atoms with Gasteiger partial charge in [-0.15, -0.1) is 0 Å². The van der Waals surface area contributed by atoms with Gasteiger partial charge < -0.3 is 5.32 Å². The van der Waals surface area contributed by atoms with Gasteiger partial charge in [-0.1, -0.05) is 58.8 Å². The lowest BCUT2D eigenvalue weighted by atomic mass is 9.75. The van der Waals surface area contributed by atoms with Crippen LogP contribution in [-0.2, 0) is 0 Å². The van der Waals surface area contributed by atoms with Crippen LogP contribution in [0.3, 0.4) is 0 Å². The second-order valence-electron chi connectivity index (χ2n) is 7.14. The van der Waals surface area contributed by atoms with Gasteiger partial charge in [-0.25, -0.2) is 0 Å². The van der Waals surface area contributed by atoms with Crippen molar-refractivity contribution in [2.24, 2.45) is 17.8 Å². The molecule has 1 heteroatoms. The van der Waals surface area contributed by atoms with E-state index in [0.717, 1.165) is 23.8 Å². The largest absolute Gasteiger partial charge is 0.314 e. The zero-order chi connectivity index (χ0) is 13.5. The molecule has 2 aliphatic rings. The quantitative estimate of drug-likeness (QED) is 0.671. The maximum Gasteiger partial charge on any atom is 0.00979 e. The summed E-state index contributed by atoms with van der Waals surface area (Å²) in [6.45, 7) is 5.90. The molecule has 19 heavy (non-hydrogen) atoms. The van der Waals surface area contributed by atoms with Gasteiger partial charge in [0.2, 0.25) is 0 Å². The zero-order valence-corrected chi connectivity index (χ0v) is 13.3. The first-order chi connectivity index (χ1) is 9.33. The third-order valence-electron chi connectivity index (χ3n) is 5.76. The summed E-state index contributed by atoms with van der Waals surface area (Å²) in [6, 6.07) is 0.834. The molecule has 0 aliphatic heterocycles. The maximum atomic E-state index is 3.90. The Hall–Kier alpha value is -0.0400.